The summed E-state index contributed by atoms with van der Waals surface area (Å²) in [7, 11) is 1.35. The van der Waals surface area contributed by atoms with E-state index in [2.05, 4.69) is 4.74 Å². The third-order valence-corrected chi connectivity index (χ3v) is 0.287. The quantitative estimate of drug-likeness (QED) is 0.314. The van der Waals surface area contributed by atoms with Gasteiger partial charge in [0.15, 0.2) is 0 Å². The summed E-state index contributed by atoms with van der Waals surface area (Å²) in [6, 6.07) is 0. The molecule has 0 saturated carbocycles. The summed E-state index contributed by atoms with van der Waals surface area (Å²) in [6.45, 7) is 1.36. The van der Waals surface area contributed by atoms with E-state index in [1.165, 1.54) is 14.0 Å². The molecule has 6 heavy (non-hydrogen) atoms. The molecule has 2 nitrogen and oxygen atoms in total. The van der Waals surface area contributed by atoms with E-state index in [1.54, 1.807) is 0 Å². The second kappa shape index (κ2) is 6.11. The van der Waals surface area contributed by atoms with Gasteiger partial charge in [0.1, 0.15) is 0 Å². The van der Waals surface area contributed by atoms with Crippen molar-refractivity contribution >= 4 is 57.4 Å². The fourth-order valence-corrected chi connectivity index (χ4v) is 0. The first-order chi connectivity index (χ1) is 2.27. The van der Waals surface area contributed by atoms with Gasteiger partial charge in [0.05, 0.1) is 7.11 Å². The van der Waals surface area contributed by atoms with Crippen molar-refractivity contribution in [1.29, 1.82) is 0 Å². The van der Waals surface area contributed by atoms with E-state index < -0.39 is 0 Å². The monoisotopic (exact) mass is 114 g/mol. The van der Waals surface area contributed by atoms with Crippen LogP contribution in [0.25, 0.3) is 0 Å². The maximum absolute atomic E-state index is 9.59. The molecule has 0 rings (SSSR count). The first-order valence-electron chi connectivity index (χ1n) is 1.32. The molecule has 0 spiro atoms. The van der Waals surface area contributed by atoms with Crippen molar-refractivity contribution in [3.63, 3.8) is 0 Å². The molecule has 0 radical (unpaired) electrons. The van der Waals surface area contributed by atoms with Crippen LogP contribution in [0.4, 0.5) is 0 Å². The summed E-state index contributed by atoms with van der Waals surface area (Å²) in [5.41, 5.74) is 0. The van der Waals surface area contributed by atoms with Gasteiger partial charge in [0.25, 0.3) is 0 Å². The molecule has 0 unspecified atom stereocenters. The third-order valence-electron chi connectivity index (χ3n) is 0.287. The number of rotatable bonds is 0. The molecule has 0 fully saturated rings. The van der Waals surface area contributed by atoms with Crippen molar-refractivity contribution in [2.45, 2.75) is 6.92 Å². The van der Waals surface area contributed by atoms with Gasteiger partial charge in [0.2, 0.25) is 0 Å². The molecule has 0 N–H and O–H groups in total. The van der Waals surface area contributed by atoms with E-state index in [0.29, 0.717) is 0 Å². The number of ether oxygens (including phenoxy) is 1. The number of hydrogen-bond acceptors (Lipinski definition) is 2. The number of carbonyl (C=O) groups is 1. The first-order valence-corrected chi connectivity index (χ1v) is 1.32. The van der Waals surface area contributed by atoms with Crippen LogP contribution in [0.2, 0.25) is 0 Å². The van der Waals surface area contributed by atoms with Crippen molar-refractivity contribution in [2.24, 2.45) is 0 Å². The van der Waals surface area contributed by atoms with Gasteiger partial charge in [-0.2, -0.15) is 0 Å². The molecule has 0 aliphatic heterocycles. The predicted molar refractivity (Wildman–Crippen MR) is 24.8 cm³/mol. The average molecular weight is 114 g/mol. The Bertz CT molecular complexity index is 44.1. The Morgan fingerprint density at radius 2 is 1.83 bits per heavy atom. The van der Waals surface area contributed by atoms with Crippen LogP contribution in [0.15, 0.2) is 0 Å². The van der Waals surface area contributed by atoms with E-state index in [9.17, 15) is 4.79 Å². The molecule has 0 aliphatic rings. The Morgan fingerprint density at radius 3 is 1.83 bits per heavy atom. The average Bonchev–Trinajstić information content (AvgIpc) is 1.38. The Hall–Kier alpha value is 1.11. The standard InChI is InChI=1S/C3H6O2.K.H/c1-3(4)5-2;;/h1-2H3;;. The minimum absolute atomic E-state index is 0. The van der Waals surface area contributed by atoms with Crippen molar-refractivity contribution in [3.05, 3.63) is 0 Å². The van der Waals surface area contributed by atoms with Gasteiger partial charge in [-0.15, -0.1) is 0 Å². The molecule has 0 atom stereocenters. The van der Waals surface area contributed by atoms with E-state index in [4.69, 9.17) is 0 Å². The molecule has 3 heteroatoms. The first kappa shape index (κ1) is 10.2. The van der Waals surface area contributed by atoms with Gasteiger partial charge in [0, 0.05) is 6.92 Å². The molecule has 0 aromatic rings. The van der Waals surface area contributed by atoms with Crippen LogP contribution >= 0.6 is 0 Å². The molecular weight excluding hydrogens is 107 g/mol. The second-order valence-corrected chi connectivity index (χ2v) is 0.696. The van der Waals surface area contributed by atoms with E-state index in [1.807, 2.05) is 0 Å². The Labute approximate surface area is 79.7 Å². The van der Waals surface area contributed by atoms with Crippen LogP contribution in [-0.2, 0) is 9.53 Å². The molecule has 0 saturated heterocycles. The van der Waals surface area contributed by atoms with Gasteiger partial charge in [-0.1, -0.05) is 0 Å². The molecule has 32 valence electrons. The molecule has 0 heterocycles. The molecule has 0 bridgehead atoms. The SMILES string of the molecule is COC(C)=O.[KH]. The zero-order valence-corrected chi connectivity index (χ0v) is 3.32. The van der Waals surface area contributed by atoms with Crippen LogP contribution in [0.1, 0.15) is 6.92 Å². The van der Waals surface area contributed by atoms with Gasteiger partial charge >= 0.3 is 57.4 Å². The van der Waals surface area contributed by atoms with Crippen LogP contribution in [0.3, 0.4) is 0 Å². The number of esters is 1. The summed E-state index contributed by atoms with van der Waals surface area (Å²) in [6.07, 6.45) is 0. The summed E-state index contributed by atoms with van der Waals surface area (Å²) >= 11 is 0. The normalized spacial score (nSPS) is 5.67. The molecule has 0 aliphatic carbocycles. The third kappa shape index (κ3) is 8.92. The van der Waals surface area contributed by atoms with E-state index in [0.717, 1.165) is 0 Å². The number of methoxy groups -OCH3 is 1. The zero-order valence-electron chi connectivity index (χ0n) is 3.32. The van der Waals surface area contributed by atoms with Gasteiger partial charge in [-0.25, -0.2) is 0 Å². The molecule has 0 aromatic carbocycles. The van der Waals surface area contributed by atoms with Crippen molar-refractivity contribution in [1.82, 2.24) is 0 Å². The summed E-state index contributed by atoms with van der Waals surface area (Å²) in [5.74, 6) is -0.245. The fraction of sp³-hybridized carbons (Fsp3) is 0.667. The summed E-state index contributed by atoms with van der Waals surface area (Å²) < 4.78 is 4.11. The molecular formula is C3H7KO2. The maximum atomic E-state index is 9.59. The van der Waals surface area contributed by atoms with Crippen LogP contribution < -0.4 is 0 Å². The Balaban J connectivity index is 0. The minimum atomic E-state index is -0.245. The number of hydrogen-bond donors (Lipinski definition) is 0. The van der Waals surface area contributed by atoms with Crippen molar-refractivity contribution < 1.29 is 9.53 Å². The summed E-state index contributed by atoms with van der Waals surface area (Å²) in [5, 5.41) is 0. The second-order valence-electron chi connectivity index (χ2n) is 0.696. The van der Waals surface area contributed by atoms with Gasteiger partial charge < -0.3 is 4.74 Å². The summed E-state index contributed by atoms with van der Waals surface area (Å²) in [4.78, 5) is 9.59. The Morgan fingerprint density at radius 1 is 1.67 bits per heavy atom. The van der Waals surface area contributed by atoms with Crippen molar-refractivity contribution in [3.8, 4) is 0 Å². The van der Waals surface area contributed by atoms with Gasteiger partial charge in [-0.05, 0) is 0 Å². The van der Waals surface area contributed by atoms with Crippen LogP contribution in [0.5, 0.6) is 0 Å². The van der Waals surface area contributed by atoms with E-state index in [-0.39, 0.29) is 57.4 Å². The fourth-order valence-electron chi connectivity index (χ4n) is 0. The van der Waals surface area contributed by atoms with Crippen LogP contribution in [-0.4, -0.2) is 64.5 Å². The van der Waals surface area contributed by atoms with Gasteiger partial charge in [-0.3, -0.25) is 4.79 Å². The van der Waals surface area contributed by atoms with E-state index >= 15 is 0 Å². The zero-order chi connectivity index (χ0) is 4.28. The molecule has 0 amide bonds. The predicted octanol–water partition coefficient (Wildman–Crippen LogP) is -0.469. The topological polar surface area (TPSA) is 26.3 Å². The van der Waals surface area contributed by atoms with Crippen LogP contribution in [0, 0.1) is 0 Å². The van der Waals surface area contributed by atoms with Crippen molar-refractivity contribution in [2.75, 3.05) is 7.11 Å². The Kier molecular flexibility index (Phi) is 10.3. The molecule has 0 aromatic heterocycles. The number of carbonyl (C=O) groups excluding carboxylic acids is 1.